The Morgan fingerprint density at radius 1 is 1.29 bits per heavy atom. The summed E-state index contributed by atoms with van der Waals surface area (Å²) in [4.78, 5) is 11.5. The third-order valence-corrected chi connectivity index (χ3v) is 2.22. The van der Waals surface area contributed by atoms with Gasteiger partial charge in [-0.1, -0.05) is 13.3 Å². The van der Waals surface area contributed by atoms with E-state index >= 15 is 0 Å². The summed E-state index contributed by atoms with van der Waals surface area (Å²) in [7, 11) is 0. The highest BCUT2D eigenvalue weighted by molar-refractivity contribution is 5.89. The molecule has 0 aliphatic heterocycles. The molecule has 1 rings (SSSR count). The minimum atomic E-state index is -1.59. The Bertz CT molecular complexity index is 395. The van der Waals surface area contributed by atoms with Crippen molar-refractivity contribution in [3.05, 3.63) is 35.1 Å². The number of esters is 1. The van der Waals surface area contributed by atoms with Gasteiger partial charge >= 0.3 is 5.97 Å². The molecule has 0 fully saturated rings. The van der Waals surface area contributed by atoms with Gasteiger partial charge in [-0.2, -0.15) is 0 Å². The summed E-state index contributed by atoms with van der Waals surface area (Å²) < 4.78 is 43.3. The van der Waals surface area contributed by atoms with Gasteiger partial charge in [0.05, 0.1) is 11.7 Å². The van der Waals surface area contributed by atoms with E-state index in [-0.39, 0.29) is 11.7 Å². The fourth-order valence-electron chi connectivity index (χ4n) is 1.39. The summed E-state index contributed by atoms with van der Waals surface area (Å²) in [6.07, 6.45) is 1.13. The topological polar surface area (TPSA) is 26.3 Å². The third kappa shape index (κ3) is 3.47. The van der Waals surface area contributed by atoms with Gasteiger partial charge in [-0.15, -0.1) is 0 Å². The minimum Gasteiger partial charge on any atom is -0.459 e. The Balaban J connectivity index is 2.83. The summed E-state index contributed by atoms with van der Waals surface area (Å²) in [5.74, 6) is -5.26. The normalized spacial score (nSPS) is 12.3. The fraction of sp³-hybridized carbons (Fsp3) is 0.417. The van der Waals surface area contributed by atoms with Gasteiger partial charge in [-0.05, 0) is 25.5 Å². The van der Waals surface area contributed by atoms with Crippen LogP contribution >= 0.6 is 0 Å². The molecule has 0 aliphatic rings. The van der Waals surface area contributed by atoms with E-state index < -0.39 is 23.4 Å². The third-order valence-electron chi connectivity index (χ3n) is 2.22. The van der Waals surface area contributed by atoms with Gasteiger partial charge < -0.3 is 4.74 Å². The van der Waals surface area contributed by atoms with Crippen LogP contribution in [0.1, 0.15) is 37.0 Å². The second kappa shape index (κ2) is 5.70. The molecule has 0 saturated heterocycles. The van der Waals surface area contributed by atoms with Crippen LogP contribution in [0.25, 0.3) is 0 Å². The number of carbonyl (C=O) groups excluding carboxylic acids is 1. The number of halogens is 3. The van der Waals surface area contributed by atoms with E-state index in [0.29, 0.717) is 18.6 Å². The first-order valence-corrected chi connectivity index (χ1v) is 5.31. The van der Waals surface area contributed by atoms with Crippen LogP contribution in [0.2, 0.25) is 0 Å². The van der Waals surface area contributed by atoms with Crippen LogP contribution in [0.5, 0.6) is 0 Å². The van der Waals surface area contributed by atoms with Crippen molar-refractivity contribution in [1.29, 1.82) is 0 Å². The second-order valence-electron chi connectivity index (χ2n) is 3.76. The summed E-state index contributed by atoms with van der Waals surface area (Å²) in [5, 5.41) is 0. The summed E-state index contributed by atoms with van der Waals surface area (Å²) in [5.41, 5.74) is -0.329. The predicted molar refractivity (Wildman–Crippen MR) is 56.1 cm³/mol. The lowest BCUT2D eigenvalue weighted by molar-refractivity contribution is 0.0322. The van der Waals surface area contributed by atoms with Gasteiger partial charge in [-0.3, -0.25) is 0 Å². The number of benzene rings is 1. The largest absolute Gasteiger partial charge is 0.459 e. The molecule has 5 heteroatoms. The van der Waals surface area contributed by atoms with Gasteiger partial charge in [0.2, 0.25) is 0 Å². The Morgan fingerprint density at radius 2 is 1.82 bits per heavy atom. The molecule has 1 unspecified atom stereocenters. The van der Waals surface area contributed by atoms with Crippen molar-refractivity contribution >= 4 is 5.97 Å². The maximum Gasteiger partial charge on any atom is 0.338 e. The molecule has 0 heterocycles. The molecule has 0 spiro atoms. The lowest BCUT2D eigenvalue weighted by Gasteiger charge is -2.12. The molecule has 94 valence electrons. The summed E-state index contributed by atoms with van der Waals surface area (Å²) in [6, 6.07) is 1.25. The number of rotatable bonds is 4. The van der Waals surface area contributed by atoms with E-state index in [1.807, 2.05) is 6.92 Å². The molecule has 0 radical (unpaired) electrons. The summed E-state index contributed by atoms with van der Waals surface area (Å²) in [6.45, 7) is 3.60. The van der Waals surface area contributed by atoms with Crippen LogP contribution in [0.15, 0.2) is 12.1 Å². The second-order valence-corrected chi connectivity index (χ2v) is 3.76. The van der Waals surface area contributed by atoms with E-state index in [4.69, 9.17) is 4.74 Å². The van der Waals surface area contributed by atoms with Crippen molar-refractivity contribution in [3.63, 3.8) is 0 Å². The van der Waals surface area contributed by atoms with E-state index in [0.717, 1.165) is 6.42 Å². The van der Waals surface area contributed by atoms with E-state index in [9.17, 15) is 18.0 Å². The average Bonchev–Trinajstić information content (AvgIpc) is 2.25. The molecule has 0 aromatic heterocycles. The van der Waals surface area contributed by atoms with Crippen molar-refractivity contribution in [2.24, 2.45) is 0 Å². The molecule has 1 atom stereocenters. The Hall–Kier alpha value is -1.52. The summed E-state index contributed by atoms with van der Waals surface area (Å²) >= 11 is 0. The predicted octanol–water partition coefficient (Wildman–Crippen LogP) is 3.45. The highest BCUT2D eigenvalue weighted by atomic mass is 19.2. The first-order chi connectivity index (χ1) is 7.95. The average molecular weight is 246 g/mol. The van der Waals surface area contributed by atoms with Crippen LogP contribution in [0.3, 0.4) is 0 Å². The van der Waals surface area contributed by atoms with E-state index in [1.165, 1.54) is 0 Å². The number of hydrogen-bond acceptors (Lipinski definition) is 2. The van der Waals surface area contributed by atoms with Crippen LogP contribution < -0.4 is 0 Å². The molecule has 2 nitrogen and oxygen atoms in total. The molecule has 0 N–H and O–H groups in total. The zero-order valence-electron chi connectivity index (χ0n) is 9.60. The first kappa shape index (κ1) is 13.5. The number of ether oxygens (including phenoxy) is 1. The van der Waals surface area contributed by atoms with Gasteiger partial charge in [0.25, 0.3) is 0 Å². The zero-order valence-corrected chi connectivity index (χ0v) is 9.60. The molecule has 0 aliphatic carbocycles. The SMILES string of the molecule is CCCC(C)OC(=O)c1cc(F)c(F)c(F)c1. The van der Waals surface area contributed by atoms with Crippen molar-refractivity contribution in [3.8, 4) is 0 Å². The molecular weight excluding hydrogens is 233 g/mol. The molecule has 0 amide bonds. The van der Waals surface area contributed by atoms with Crippen molar-refractivity contribution in [2.45, 2.75) is 32.8 Å². The van der Waals surface area contributed by atoms with E-state index in [1.54, 1.807) is 6.92 Å². The molecule has 0 saturated carbocycles. The molecular formula is C12H13F3O2. The van der Waals surface area contributed by atoms with Crippen LogP contribution in [-0.4, -0.2) is 12.1 Å². The number of hydrogen-bond donors (Lipinski definition) is 0. The smallest absolute Gasteiger partial charge is 0.338 e. The van der Waals surface area contributed by atoms with Crippen LogP contribution in [-0.2, 0) is 4.74 Å². The molecule has 1 aromatic carbocycles. The Labute approximate surface area is 97.4 Å². The Kier molecular flexibility index (Phi) is 4.54. The standard InChI is InChI=1S/C12H13F3O2/c1-3-4-7(2)17-12(16)8-5-9(13)11(15)10(14)6-8/h5-7H,3-4H2,1-2H3. The Morgan fingerprint density at radius 3 is 2.29 bits per heavy atom. The fourth-order valence-corrected chi connectivity index (χ4v) is 1.39. The van der Waals surface area contributed by atoms with Crippen molar-refractivity contribution in [2.75, 3.05) is 0 Å². The van der Waals surface area contributed by atoms with Gasteiger partial charge in [0.1, 0.15) is 0 Å². The lowest BCUT2D eigenvalue weighted by atomic mass is 10.2. The molecule has 17 heavy (non-hydrogen) atoms. The monoisotopic (exact) mass is 246 g/mol. The molecule has 1 aromatic rings. The van der Waals surface area contributed by atoms with Gasteiger partial charge in [0, 0.05) is 0 Å². The maximum atomic E-state index is 12.9. The highest BCUT2D eigenvalue weighted by Gasteiger charge is 2.17. The minimum absolute atomic E-state index is 0.329. The van der Waals surface area contributed by atoms with Crippen LogP contribution in [0, 0.1) is 17.5 Å². The van der Waals surface area contributed by atoms with Crippen molar-refractivity contribution in [1.82, 2.24) is 0 Å². The lowest BCUT2D eigenvalue weighted by Crippen LogP contribution is -2.15. The maximum absolute atomic E-state index is 12.9. The van der Waals surface area contributed by atoms with Gasteiger partial charge in [0.15, 0.2) is 17.5 Å². The quantitative estimate of drug-likeness (QED) is 0.600. The van der Waals surface area contributed by atoms with Crippen LogP contribution in [0.4, 0.5) is 13.2 Å². The first-order valence-electron chi connectivity index (χ1n) is 5.31. The van der Waals surface area contributed by atoms with Gasteiger partial charge in [-0.25, -0.2) is 18.0 Å². The zero-order chi connectivity index (χ0) is 13.0. The highest BCUT2D eigenvalue weighted by Crippen LogP contribution is 2.15. The number of carbonyl (C=O) groups is 1. The molecule has 0 bridgehead atoms. The van der Waals surface area contributed by atoms with E-state index in [2.05, 4.69) is 0 Å². The van der Waals surface area contributed by atoms with Crippen molar-refractivity contribution < 1.29 is 22.7 Å².